The van der Waals surface area contributed by atoms with Gasteiger partial charge in [0.05, 0.1) is 16.6 Å². The molecule has 2 aliphatic rings. The third-order valence-corrected chi connectivity index (χ3v) is 9.88. The lowest BCUT2D eigenvalue weighted by Gasteiger charge is -2.27. The van der Waals surface area contributed by atoms with Crippen LogP contribution in [0.2, 0.25) is 0 Å². The minimum absolute atomic E-state index is 0.135. The quantitative estimate of drug-likeness (QED) is 0.375. The predicted octanol–water partition coefficient (Wildman–Crippen LogP) is 3.89. The van der Waals surface area contributed by atoms with E-state index in [0.717, 1.165) is 72.0 Å². The third-order valence-electron chi connectivity index (χ3n) is 7.98. The lowest BCUT2D eigenvalue weighted by Crippen LogP contribution is -2.44. The summed E-state index contributed by atoms with van der Waals surface area (Å²) in [5, 5.41) is 12.8. The van der Waals surface area contributed by atoms with Gasteiger partial charge in [-0.25, -0.2) is 8.42 Å². The highest BCUT2D eigenvalue weighted by molar-refractivity contribution is 7.89. The molecule has 0 saturated carbocycles. The number of nitrogens with one attached hydrogen (secondary N) is 2. The molecule has 2 aromatic heterocycles. The van der Waals surface area contributed by atoms with E-state index < -0.39 is 16.1 Å². The summed E-state index contributed by atoms with van der Waals surface area (Å²) in [6.07, 6.45) is 6.61. The van der Waals surface area contributed by atoms with E-state index in [1.165, 1.54) is 0 Å². The molecule has 1 amide bonds. The number of hydrogen-bond donors (Lipinski definition) is 2. The number of rotatable bonds is 7. The number of carbonyl (C=O) groups excluding carboxylic acids is 1. The van der Waals surface area contributed by atoms with Crippen molar-refractivity contribution in [2.75, 3.05) is 31.5 Å². The highest BCUT2D eigenvalue weighted by Crippen LogP contribution is 2.29. The fourth-order valence-corrected chi connectivity index (χ4v) is 7.05. The van der Waals surface area contributed by atoms with Gasteiger partial charge in [-0.15, -0.1) is 0 Å². The van der Waals surface area contributed by atoms with E-state index in [9.17, 15) is 13.2 Å². The number of aryl methyl sites for hydroxylation is 1. The van der Waals surface area contributed by atoms with Gasteiger partial charge in [0, 0.05) is 66.8 Å². The second-order valence-electron chi connectivity index (χ2n) is 10.7. The summed E-state index contributed by atoms with van der Waals surface area (Å²) >= 11 is 0. The molecule has 0 spiro atoms. The average molecular weight is 535 g/mol. The number of carbonyl (C=O) groups is 1. The Morgan fingerprint density at radius 1 is 1.08 bits per heavy atom. The van der Waals surface area contributed by atoms with Crippen molar-refractivity contribution < 1.29 is 13.2 Å². The van der Waals surface area contributed by atoms with Gasteiger partial charge in [0.2, 0.25) is 15.9 Å². The van der Waals surface area contributed by atoms with Crippen molar-refractivity contribution in [2.24, 2.45) is 5.92 Å². The molecule has 2 saturated heterocycles. The molecular weight excluding hydrogens is 500 g/mol. The lowest BCUT2D eigenvalue weighted by molar-refractivity contribution is -0.118. The number of anilines is 1. The Hall–Kier alpha value is -3.21. The molecule has 38 heavy (non-hydrogen) atoms. The van der Waals surface area contributed by atoms with E-state index in [4.69, 9.17) is 0 Å². The van der Waals surface area contributed by atoms with Crippen LogP contribution >= 0.6 is 0 Å². The first-order chi connectivity index (χ1) is 18.3. The number of aromatic nitrogens is 3. The van der Waals surface area contributed by atoms with Gasteiger partial charge in [-0.1, -0.05) is 6.42 Å². The van der Waals surface area contributed by atoms with E-state index in [1.807, 2.05) is 47.6 Å². The Morgan fingerprint density at radius 3 is 2.61 bits per heavy atom. The van der Waals surface area contributed by atoms with Crippen LogP contribution in [0.3, 0.4) is 0 Å². The van der Waals surface area contributed by atoms with Crippen LogP contribution in [0.4, 0.5) is 5.69 Å². The van der Waals surface area contributed by atoms with E-state index in [-0.39, 0.29) is 5.91 Å². The maximum atomic E-state index is 13.4. The molecule has 2 aliphatic heterocycles. The van der Waals surface area contributed by atoms with Gasteiger partial charge in [-0.2, -0.15) is 9.40 Å². The molecule has 2 N–H and O–H groups in total. The number of benzene rings is 2. The molecular formula is C28H34N6O3S. The third kappa shape index (κ3) is 4.50. The molecule has 2 aromatic carbocycles. The summed E-state index contributed by atoms with van der Waals surface area (Å²) in [5.74, 6) is 0.444. The molecule has 2 fully saturated rings. The minimum Gasteiger partial charge on any atom is -0.335 e. The summed E-state index contributed by atoms with van der Waals surface area (Å²) in [5.41, 5.74) is 3.59. The van der Waals surface area contributed by atoms with Gasteiger partial charge in [0.15, 0.2) is 0 Å². The van der Waals surface area contributed by atoms with Crippen molar-refractivity contribution in [3.8, 4) is 0 Å². The fourth-order valence-electron chi connectivity index (χ4n) is 5.50. The molecule has 0 radical (unpaired) electrons. The molecule has 1 atom stereocenters. The molecule has 1 unspecified atom stereocenters. The van der Waals surface area contributed by atoms with E-state index in [1.54, 1.807) is 22.5 Å². The van der Waals surface area contributed by atoms with Gasteiger partial charge in [-0.3, -0.25) is 9.48 Å². The Morgan fingerprint density at radius 2 is 1.87 bits per heavy atom. The molecule has 4 aromatic rings. The zero-order chi connectivity index (χ0) is 26.4. The van der Waals surface area contributed by atoms with E-state index in [2.05, 4.69) is 21.8 Å². The van der Waals surface area contributed by atoms with Crippen molar-refractivity contribution in [1.29, 1.82) is 0 Å². The second-order valence-corrected chi connectivity index (χ2v) is 12.6. The van der Waals surface area contributed by atoms with Crippen LogP contribution < -0.4 is 10.6 Å². The predicted molar refractivity (Wildman–Crippen MR) is 149 cm³/mol. The number of piperidine rings is 1. The molecule has 6 rings (SSSR count). The highest BCUT2D eigenvalue weighted by Gasteiger charge is 2.27. The van der Waals surface area contributed by atoms with Gasteiger partial charge in [0.25, 0.3) is 0 Å². The van der Waals surface area contributed by atoms with Crippen LogP contribution in [-0.4, -0.2) is 59.2 Å². The van der Waals surface area contributed by atoms with Crippen molar-refractivity contribution in [2.45, 2.75) is 50.6 Å². The molecule has 0 aliphatic carbocycles. The van der Waals surface area contributed by atoms with Crippen molar-refractivity contribution in [3.63, 3.8) is 0 Å². The van der Waals surface area contributed by atoms with Crippen LogP contribution in [0.1, 0.15) is 37.8 Å². The summed E-state index contributed by atoms with van der Waals surface area (Å²) in [6.45, 7) is 7.85. The number of sulfonamides is 1. The van der Waals surface area contributed by atoms with Crippen LogP contribution in [0, 0.1) is 12.8 Å². The monoisotopic (exact) mass is 534 g/mol. The zero-order valence-corrected chi connectivity index (χ0v) is 22.7. The Balaban J connectivity index is 1.23. The molecule has 10 heteroatoms. The number of nitrogens with zero attached hydrogens (tertiary/aromatic N) is 4. The highest BCUT2D eigenvalue weighted by atomic mass is 32.2. The smallest absolute Gasteiger partial charge is 0.247 e. The van der Waals surface area contributed by atoms with Crippen LogP contribution in [0.25, 0.3) is 21.8 Å². The fraction of sp³-hybridized carbons (Fsp3) is 0.429. The number of hydrogen-bond acceptors (Lipinski definition) is 5. The topological polar surface area (TPSA) is 101 Å². The summed E-state index contributed by atoms with van der Waals surface area (Å²) in [6, 6.07) is 10.6. The maximum Gasteiger partial charge on any atom is 0.247 e. The first-order valence-corrected chi connectivity index (χ1v) is 14.8. The SMILES string of the molecule is Cc1cc2cnn(CC3CNC3)c2cc1NC(=O)C(C)n1ccc2cc(S(=O)(=O)N3CCCCC3)ccc21. The normalized spacial score (nSPS) is 18.1. The lowest BCUT2D eigenvalue weighted by atomic mass is 10.0. The molecule has 9 nitrogen and oxygen atoms in total. The van der Waals surface area contributed by atoms with Gasteiger partial charge < -0.3 is 15.2 Å². The zero-order valence-electron chi connectivity index (χ0n) is 21.9. The van der Waals surface area contributed by atoms with Crippen molar-refractivity contribution >= 4 is 43.4 Å². The largest absolute Gasteiger partial charge is 0.335 e. The maximum absolute atomic E-state index is 13.4. The van der Waals surface area contributed by atoms with Gasteiger partial charge in [-0.05, 0) is 68.7 Å². The molecule has 0 bridgehead atoms. The van der Waals surface area contributed by atoms with Crippen LogP contribution in [-0.2, 0) is 21.4 Å². The van der Waals surface area contributed by atoms with E-state index in [0.29, 0.717) is 23.9 Å². The first kappa shape index (κ1) is 25.1. The number of fused-ring (bicyclic) bond motifs is 2. The summed E-state index contributed by atoms with van der Waals surface area (Å²) in [4.78, 5) is 13.7. The van der Waals surface area contributed by atoms with Crippen LogP contribution in [0.15, 0.2) is 53.7 Å². The van der Waals surface area contributed by atoms with Gasteiger partial charge in [0.1, 0.15) is 6.04 Å². The van der Waals surface area contributed by atoms with E-state index >= 15 is 0 Å². The minimum atomic E-state index is -3.51. The Kier molecular flexibility index (Phi) is 6.49. The molecule has 4 heterocycles. The average Bonchev–Trinajstić information content (AvgIpc) is 3.49. The Bertz CT molecular complexity index is 1610. The number of amides is 1. The van der Waals surface area contributed by atoms with Crippen molar-refractivity contribution in [3.05, 3.63) is 54.4 Å². The second kappa shape index (κ2) is 9.83. The standard InChI is InChI=1S/C28H34N6O3S/c1-19-12-23-17-30-34(18-21-15-29-16-21)27(23)14-25(19)31-28(35)20(2)33-11-8-22-13-24(6-7-26(22)33)38(36,37)32-9-4-3-5-10-32/h6-8,11-14,17,20-21,29H,3-5,9-10,15-16,18H2,1-2H3,(H,31,35). The summed E-state index contributed by atoms with van der Waals surface area (Å²) in [7, 11) is -3.51. The van der Waals surface area contributed by atoms with Crippen molar-refractivity contribution in [1.82, 2.24) is 24.0 Å². The van der Waals surface area contributed by atoms with Crippen LogP contribution in [0.5, 0.6) is 0 Å². The van der Waals surface area contributed by atoms with Gasteiger partial charge >= 0.3 is 0 Å². The Labute approximate surface area is 222 Å². The molecule has 200 valence electrons. The first-order valence-electron chi connectivity index (χ1n) is 13.4. The summed E-state index contributed by atoms with van der Waals surface area (Å²) < 4.78 is 31.8.